The second-order valence-electron chi connectivity index (χ2n) is 4.44. The lowest BCUT2D eigenvalue weighted by atomic mass is 10.1. The quantitative estimate of drug-likeness (QED) is 0.197. The summed E-state index contributed by atoms with van der Waals surface area (Å²) in [6.07, 6.45) is 14.5. The van der Waals surface area contributed by atoms with Gasteiger partial charge in [0.2, 0.25) is 0 Å². The number of carbonyl (C=O) groups excluding carboxylic acids is 1. The SMILES string of the molecule is CCCCCCCCC=C=C/C=C(\C)C(=O)OC. The number of esters is 1. The minimum Gasteiger partial charge on any atom is -0.466 e. The zero-order valence-corrected chi connectivity index (χ0v) is 12.0. The molecule has 2 heteroatoms. The highest BCUT2D eigenvalue weighted by atomic mass is 16.5. The predicted molar refractivity (Wildman–Crippen MR) is 76.4 cm³/mol. The van der Waals surface area contributed by atoms with Crippen LogP contribution in [-0.2, 0) is 9.53 Å². The van der Waals surface area contributed by atoms with Crippen LogP contribution in [0.3, 0.4) is 0 Å². The molecule has 0 aromatic carbocycles. The third-order valence-corrected chi connectivity index (χ3v) is 2.76. The highest BCUT2D eigenvalue weighted by Crippen LogP contribution is 2.06. The summed E-state index contributed by atoms with van der Waals surface area (Å²) in [5, 5.41) is 0. The van der Waals surface area contributed by atoms with E-state index in [0.717, 1.165) is 6.42 Å². The van der Waals surface area contributed by atoms with E-state index in [9.17, 15) is 4.79 Å². The molecule has 0 rings (SSSR count). The van der Waals surface area contributed by atoms with Gasteiger partial charge in [-0.2, -0.15) is 0 Å². The van der Waals surface area contributed by atoms with Crippen LogP contribution >= 0.6 is 0 Å². The van der Waals surface area contributed by atoms with E-state index in [0.29, 0.717) is 5.57 Å². The second kappa shape index (κ2) is 12.2. The van der Waals surface area contributed by atoms with Gasteiger partial charge in [-0.3, -0.25) is 0 Å². The smallest absolute Gasteiger partial charge is 0.333 e. The van der Waals surface area contributed by atoms with Gasteiger partial charge < -0.3 is 4.74 Å². The molecule has 0 aliphatic heterocycles. The van der Waals surface area contributed by atoms with Gasteiger partial charge in [0.05, 0.1) is 7.11 Å². The molecular weight excluding hydrogens is 224 g/mol. The average molecular weight is 250 g/mol. The summed E-state index contributed by atoms with van der Waals surface area (Å²) >= 11 is 0. The fourth-order valence-electron chi connectivity index (χ4n) is 1.58. The Hall–Kier alpha value is -1.27. The lowest BCUT2D eigenvalue weighted by Crippen LogP contribution is -2.00. The highest BCUT2D eigenvalue weighted by Gasteiger charge is 1.99. The van der Waals surface area contributed by atoms with Crippen LogP contribution in [0.5, 0.6) is 0 Å². The molecule has 102 valence electrons. The zero-order valence-electron chi connectivity index (χ0n) is 12.0. The van der Waals surface area contributed by atoms with Gasteiger partial charge >= 0.3 is 5.97 Å². The largest absolute Gasteiger partial charge is 0.466 e. The topological polar surface area (TPSA) is 26.3 Å². The van der Waals surface area contributed by atoms with Crippen LogP contribution < -0.4 is 0 Å². The molecule has 0 N–H and O–H groups in total. The first-order chi connectivity index (χ1) is 8.72. The molecule has 2 nitrogen and oxygen atoms in total. The summed E-state index contributed by atoms with van der Waals surface area (Å²) in [6.45, 7) is 3.97. The number of rotatable bonds is 9. The van der Waals surface area contributed by atoms with E-state index in [4.69, 9.17) is 0 Å². The van der Waals surface area contributed by atoms with Crippen molar-refractivity contribution in [1.82, 2.24) is 0 Å². The van der Waals surface area contributed by atoms with Gasteiger partial charge in [-0.15, -0.1) is 5.73 Å². The summed E-state index contributed by atoms with van der Waals surface area (Å²) in [7, 11) is 1.39. The Morgan fingerprint density at radius 3 is 2.50 bits per heavy atom. The number of methoxy groups -OCH3 is 1. The van der Waals surface area contributed by atoms with Crippen LogP contribution in [0.2, 0.25) is 0 Å². The van der Waals surface area contributed by atoms with E-state index < -0.39 is 0 Å². The van der Waals surface area contributed by atoms with E-state index in [1.165, 1.54) is 45.6 Å². The number of unbranched alkanes of at least 4 members (excludes halogenated alkanes) is 6. The van der Waals surface area contributed by atoms with Crippen LogP contribution in [0.15, 0.2) is 29.5 Å². The normalized spacial score (nSPS) is 10.7. The fourth-order valence-corrected chi connectivity index (χ4v) is 1.58. The molecule has 0 saturated heterocycles. The molecule has 0 spiro atoms. The summed E-state index contributed by atoms with van der Waals surface area (Å²) in [5.41, 5.74) is 3.66. The van der Waals surface area contributed by atoms with E-state index >= 15 is 0 Å². The van der Waals surface area contributed by atoms with E-state index in [2.05, 4.69) is 17.4 Å². The number of allylic oxidation sites excluding steroid dienone is 2. The van der Waals surface area contributed by atoms with Gasteiger partial charge in [-0.1, -0.05) is 39.0 Å². The van der Waals surface area contributed by atoms with Gasteiger partial charge in [0, 0.05) is 5.57 Å². The van der Waals surface area contributed by atoms with Gasteiger partial charge in [-0.25, -0.2) is 4.79 Å². The molecule has 0 atom stereocenters. The number of ether oxygens (including phenoxy) is 1. The first kappa shape index (κ1) is 16.7. The molecule has 0 amide bonds. The Kier molecular flexibility index (Phi) is 11.3. The Labute approximate surface area is 111 Å². The summed E-state index contributed by atoms with van der Waals surface area (Å²) in [5.74, 6) is -0.288. The number of hydrogen-bond acceptors (Lipinski definition) is 2. The van der Waals surface area contributed by atoms with Crippen LogP contribution in [-0.4, -0.2) is 13.1 Å². The van der Waals surface area contributed by atoms with Crippen molar-refractivity contribution in [3.8, 4) is 0 Å². The van der Waals surface area contributed by atoms with E-state index in [1.54, 1.807) is 19.1 Å². The molecular formula is C16H26O2. The third kappa shape index (κ3) is 9.92. The summed E-state index contributed by atoms with van der Waals surface area (Å²) in [6, 6.07) is 0. The van der Waals surface area contributed by atoms with Crippen molar-refractivity contribution in [2.24, 2.45) is 0 Å². The monoisotopic (exact) mass is 250 g/mol. The molecule has 0 fully saturated rings. The van der Waals surface area contributed by atoms with Gasteiger partial charge in [0.1, 0.15) is 0 Å². The van der Waals surface area contributed by atoms with Crippen molar-refractivity contribution in [3.63, 3.8) is 0 Å². The minimum absolute atomic E-state index is 0.288. The maximum Gasteiger partial charge on any atom is 0.333 e. The molecule has 0 aliphatic rings. The van der Waals surface area contributed by atoms with Crippen molar-refractivity contribution in [2.75, 3.05) is 7.11 Å². The van der Waals surface area contributed by atoms with Crippen molar-refractivity contribution < 1.29 is 9.53 Å². The molecule has 0 aliphatic carbocycles. The van der Waals surface area contributed by atoms with Gasteiger partial charge in [-0.05, 0) is 38.0 Å². The zero-order chi connectivity index (χ0) is 13.6. The molecule has 0 aromatic rings. The number of hydrogen-bond donors (Lipinski definition) is 0. The van der Waals surface area contributed by atoms with Crippen LogP contribution in [0.4, 0.5) is 0 Å². The lowest BCUT2D eigenvalue weighted by Gasteiger charge is -1.96. The third-order valence-electron chi connectivity index (χ3n) is 2.76. The first-order valence-electron chi connectivity index (χ1n) is 6.88. The Morgan fingerprint density at radius 2 is 1.83 bits per heavy atom. The Balaban J connectivity index is 3.66. The molecule has 0 radical (unpaired) electrons. The molecule has 18 heavy (non-hydrogen) atoms. The van der Waals surface area contributed by atoms with Crippen molar-refractivity contribution in [1.29, 1.82) is 0 Å². The second-order valence-corrected chi connectivity index (χ2v) is 4.44. The van der Waals surface area contributed by atoms with Crippen molar-refractivity contribution in [3.05, 3.63) is 29.5 Å². The molecule has 0 heterocycles. The van der Waals surface area contributed by atoms with E-state index in [1.807, 2.05) is 6.08 Å². The maximum absolute atomic E-state index is 11.1. The molecule has 0 unspecified atom stereocenters. The summed E-state index contributed by atoms with van der Waals surface area (Å²) in [4.78, 5) is 11.1. The molecule has 0 aromatic heterocycles. The van der Waals surface area contributed by atoms with Crippen LogP contribution in [0, 0.1) is 0 Å². The van der Waals surface area contributed by atoms with Gasteiger partial charge in [0.15, 0.2) is 0 Å². The van der Waals surface area contributed by atoms with Crippen molar-refractivity contribution >= 4 is 5.97 Å². The maximum atomic E-state index is 11.1. The number of carbonyl (C=O) groups is 1. The minimum atomic E-state index is -0.288. The standard InChI is InChI=1S/C16H26O2/c1-4-5-6-7-8-9-10-11-12-13-14-15(2)16(17)18-3/h11,13-14H,4-10H2,1-3H3/b15-14+. The molecule has 0 saturated carbocycles. The Bertz CT molecular complexity index is 307. The molecule has 0 bridgehead atoms. The predicted octanol–water partition coefficient (Wildman–Crippen LogP) is 4.57. The van der Waals surface area contributed by atoms with Gasteiger partial charge in [0.25, 0.3) is 0 Å². The van der Waals surface area contributed by atoms with Crippen molar-refractivity contribution in [2.45, 2.75) is 58.8 Å². The van der Waals surface area contributed by atoms with Crippen LogP contribution in [0.1, 0.15) is 58.8 Å². The highest BCUT2D eigenvalue weighted by molar-refractivity contribution is 5.87. The fraction of sp³-hybridized carbons (Fsp3) is 0.625. The van der Waals surface area contributed by atoms with E-state index in [-0.39, 0.29) is 5.97 Å². The first-order valence-corrected chi connectivity index (χ1v) is 6.88. The average Bonchev–Trinajstić information content (AvgIpc) is 2.39. The lowest BCUT2D eigenvalue weighted by molar-refractivity contribution is -0.136. The van der Waals surface area contributed by atoms with Crippen LogP contribution in [0.25, 0.3) is 0 Å². The Morgan fingerprint density at radius 1 is 1.17 bits per heavy atom. The summed E-state index contributed by atoms with van der Waals surface area (Å²) < 4.78 is 4.59.